The highest BCUT2D eigenvalue weighted by atomic mass is 35.5. The molecule has 2 heterocycles. The zero-order valence-corrected chi connectivity index (χ0v) is 17.2. The molecule has 30 heavy (non-hydrogen) atoms. The molecule has 2 saturated carbocycles. The van der Waals surface area contributed by atoms with E-state index >= 15 is 0 Å². The van der Waals surface area contributed by atoms with Gasteiger partial charge in [0.15, 0.2) is 0 Å². The molecule has 2 aliphatic rings. The normalized spacial score (nSPS) is 18.2. The topological polar surface area (TPSA) is 119 Å². The minimum absolute atomic E-state index is 0. The first kappa shape index (κ1) is 22.4. The summed E-state index contributed by atoms with van der Waals surface area (Å²) in [5.41, 5.74) is 5.73. The zero-order valence-electron chi connectivity index (χ0n) is 16.4. The molecular weight excluding hydrogens is 418 g/mol. The van der Waals surface area contributed by atoms with Crippen molar-refractivity contribution in [1.29, 1.82) is 0 Å². The van der Waals surface area contributed by atoms with Crippen LogP contribution < -0.4 is 16.6 Å². The summed E-state index contributed by atoms with van der Waals surface area (Å²) in [6, 6.07) is -0.114. The van der Waals surface area contributed by atoms with Crippen LogP contribution in [0.2, 0.25) is 0 Å². The monoisotopic (exact) mass is 442 g/mol. The predicted molar refractivity (Wildman–Crippen MR) is 109 cm³/mol. The fraction of sp³-hybridized carbons (Fsp3) is 0.579. The Morgan fingerprint density at radius 1 is 1.30 bits per heavy atom. The molecule has 4 rings (SSSR count). The molecule has 8 nitrogen and oxygen atoms in total. The molecule has 0 aliphatic heterocycles. The number of amides is 1. The van der Waals surface area contributed by atoms with Gasteiger partial charge in [0.05, 0.1) is 24.0 Å². The summed E-state index contributed by atoms with van der Waals surface area (Å²) in [5, 5.41) is 12.4. The lowest BCUT2D eigenvalue weighted by atomic mass is 9.89. The fourth-order valence-corrected chi connectivity index (χ4v) is 3.95. The maximum atomic E-state index is 12.9. The van der Waals surface area contributed by atoms with Crippen LogP contribution in [0.25, 0.3) is 0 Å². The molecule has 1 amide bonds. The van der Waals surface area contributed by atoms with Crippen molar-refractivity contribution in [3.63, 3.8) is 0 Å². The highest BCUT2D eigenvalue weighted by Gasteiger charge is 2.46. The molecule has 0 spiro atoms. The Morgan fingerprint density at radius 2 is 1.93 bits per heavy atom. The van der Waals surface area contributed by atoms with Crippen LogP contribution in [0.15, 0.2) is 23.3 Å². The zero-order chi connectivity index (χ0) is 20.7. The van der Waals surface area contributed by atoms with Gasteiger partial charge in [-0.3, -0.25) is 14.3 Å². The summed E-state index contributed by atoms with van der Waals surface area (Å²) < 4.78 is 27.2. The van der Waals surface area contributed by atoms with E-state index in [1.807, 2.05) is 0 Å². The van der Waals surface area contributed by atoms with Gasteiger partial charge in [-0.15, -0.1) is 12.4 Å². The SMILES string of the molecule is CC(c1cc(C(F)F)n[nH]c1=O)n1cc(NC(=O)[C@@H](N)C(C2CC2)C2CC2)cn1.Cl. The Morgan fingerprint density at radius 3 is 2.50 bits per heavy atom. The van der Waals surface area contributed by atoms with Crippen LogP contribution in [-0.4, -0.2) is 31.9 Å². The number of aromatic nitrogens is 4. The molecule has 2 aromatic heterocycles. The lowest BCUT2D eigenvalue weighted by Gasteiger charge is -2.22. The van der Waals surface area contributed by atoms with Crippen molar-refractivity contribution in [3.8, 4) is 0 Å². The highest BCUT2D eigenvalue weighted by Crippen LogP contribution is 2.50. The summed E-state index contributed by atoms with van der Waals surface area (Å²) in [5.74, 6) is 1.08. The van der Waals surface area contributed by atoms with Crippen LogP contribution in [0, 0.1) is 17.8 Å². The molecule has 0 saturated heterocycles. The number of carbonyl (C=O) groups is 1. The van der Waals surface area contributed by atoms with Gasteiger partial charge in [-0.05, 0) is 56.4 Å². The van der Waals surface area contributed by atoms with Crippen LogP contribution in [0.3, 0.4) is 0 Å². The molecule has 164 valence electrons. The smallest absolute Gasteiger partial charge is 0.282 e. The number of hydrogen-bond acceptors (Lipinski definition) is 5. The van der Waals surface area contributed by atoms with Gasteiger partial charge in [-0.25, -0.2) is 13.9 Å². The van der Waals surface area contributed by atoms with Crippen LogP contribution in [0.1, 0.15) is 56.3 Å². The highest BCUT2D eigenvalue weighted by molar-refractivity contribution is 5.94. The molecule has 0 aromatic carbocycles. The average Bonchev–Trinajstić information content (AvgIpc) is 3.62. The standard InChI is InChI=1S/C19H24F2N6O2.ClH/c1-9(13-6-14(17(20)21)25-26-18(13)28)27-8-12(7-23-27)24-19(29)16(22)15(10-2-3-10)11-4-5-11;/h6-11,15-17H,2-5,22H2,1H3,(H,24,29)(H,26,28);1H/t9?,16-;/m0./s1. The van der Waals surface area contributed by atoms with E-state index in [1.54, 1.807) is 13.1 Å². The lowest BCUT2D eigenvalue weighted by molar-refractivity contribution is -0.118. The van der Waals surface area contributed by atoms with E-state index in [2.05, 4.69) is 20.6 Å². The van der Waals surface area contributed by atoms with Gasteiger partial charge in [-0.1, -0.05) is 0 Å². The quantitative estimate of drug-likeness (QED) is 0.580. The summed E-state index contributed by atoms with van der Waals surface area (Å²) in [7, 11) is 0. The van der Waals surface area contributed by atoms with Gasteiger partial charge >= 0.3 is 0 Å². The van der Waals surface area contributed by atoms with E-state index < -0.39 is 29.8 Å². The Kier molecular flexibility index (Phi) is 6.56. The van der Waals surface area contributed by atoms with Gasteiger partial charge in [-0.2, -0.15) is 10.2 Å². The summed E-state index contributed by atoms with van der Waals surface area (Å²) in [6.45, 7) is 1.65. The fourth-order valence-electron chi connectivity index (χ4n) is 3.95. The van der Waals surface area contributed by atoms with Crippen molar-refractivity contribution in [2.24, 2.45) is 23.5 Å². The molecule has 0 radical (unpaired) electrons. The van der Waals surface area contributed by atoms with Crippen molar-refractivity contribution < 1.29 is 13.6 Å². The van der Waals surface area contributed by atoms with E-state index in [9.17, 15) is 18.4 Å². The number of nitrogens with two attached hydrogens (primary N) is 1. The molecule has 2 aliphatic carbocycles. The number of hydrogen-bond donors (Lipinski definition) is 3. The van der Waals surface area contributed by atoms with Crippen molar-refractivity contribution in [2.45, 2.75) is 51.1 Å². The van der Waals surface area contributed by atoms with Gasteiger partial charge in [0.2, 0.25) is 5.91 Å². The first-order chi connectivity index (χ1) is 13.8. The van der Waals surface area contributed by atoms with E-state index in [1.165, 1.54) is 10.9 Å². The van der Waals surface area contributed by atoms with Crippen LogP contribution in [-0.2, 0) is 4.79 Å². The largest absolute Gasteiger partial charge is 0.322 e. The number of alkyl halides is 2. The first-order valence-electron chi connectivity index (χ1n) is 9.83. The number of rotatable bonds is 8. The first-order valence-corrected chi connectivity index (χ1v) is 9.83. The number of nitrogens with one attached hydrogen (secondary N) is 2. The van der Waals surface area contributed by atoms with Gasteiger partial charge in [0.25, 0.3) is 12.0 Å². The van der Waals surface area contributed by atoms with Gasteiger partial charge in [0.1, 0.15) is 5.69 Å². The van der Waals surface area contributed by atoms with Gasteiger partial charge in [0, 0.05) is 11.8 Å². The number of aromatic amines is 1. The summed E-state index contributed by atoms with van der Waals surface area (Å²) >= 11 is 0. The molecule has 2 aromatic rings. The molecule has 1 unspecified atom stereocenters. The van der Waals surface area contributed by atoms with Gasteiger partial charge < -0.3 is 11.1 Å². The lowest BCUT2D eigenvalue weighted by Crippen LogP contribution is -2.43. The Balaban J connectivity index is 0.00000256. The number of anilines is 1. The molecule has 2 fully saturated rings. The third-order valence-electron chi connectivity index (χ3n) is 5.84. The number of carbonyl (C=O) groups excluding carboxylic acids is 1. The van der Waals surface area contributed by atoms with E-state index in [-0.39, 0.29) is 29.8 Å². The van der Waals surface area contributed by atoms with Crippen LogP contribution >= 0.6 is 12.4 Å². The van der Waals surface area contributed by atoms with Crippen LogP contribution in [0.4, 0.5) is 14.5 Å². The summed E-state index contributed by atoms with van der Waals surface area (Å²) in [6.07, 6.45) is 4.76. The second kappa shape index (κ2) is 8.81. The predicted octanol–water partition coefficient (Wildman–Crippen LogP) is 2.64. The van der Waals surface area contributed by atoms with E-state index in [0.29, 0.717) is 17.5 Å². The van der Waals surface area contributed by atoms with Crippen LogP contribution in [0.5, 0.6) is 0 Å². The molecule has 11 heteroatoms. The Bertz CT molecular complexity index is 944. The maximum absolute atomic E-state index is 12.9. The minimum Gasteiger partial charge on any atom is -0.322 e. The third kappa shape index (κ3) is 4.70. The Hall–Kier alpha value is -2.33. The number of nitrogens with zero attached hydrogens (tertiary/aromatic N) is 3. The van der Waals surface area contributed by atoms with Crippen molar-refractivity contribution in [1.82, 2.24) is 20.0 Å². The summed E-state index contributed by atoms with van der Waals surface area (Å²) in [4.78, 5) is 24.6. The van der Waals surface area contributed by atoms with Crippen molar-refractivity contribution in [2.75, 3.05) is 5.32 Å². The molecule has 2 atom stereocenters. The second-order valence-corrected chi connectivity index (χ2v) is 8.03. The number of H-pyrrole nitrogens is 1. The molecular formula is C19H25ClF2N6O2. The van der Waals surface area contributed by atoms with E-state index in [0.717, 1.165) is 31.7 Å². The molecule has 0 bridgehead atoms. The second-order valence-electron chi connectivity index (χ2n) is 8.03. The Labute approximate surface area is 178 Å². The number of halogens is 3. The van der Waals surface area contributed by atoms with E-state index in [4.69, 9.17) is 5.73 Å². The molecule has 4 N–H and O–H groups in total. The third-order valence-corrected chi connectivity index (χ3v) is 5.84. The van der Waals surface area contributed by atoms with Crippen molar-refractivity contribution in [3.05, 3.63) is 40.1 Å². The van der Waals surface area contributed by atoms with Crippen molar-refractivity contribution >= 4 is 24.0 Å². The maximum Gasteiger partial charge on any atom is 0.282 e. The average molecular weight is 443 g/mol. The minimum atomic E-state index is -2.79.